The molecule has 1 rings (SSSR count). The van der Waals surface area contributed by atoms with Gasteiger partial charge in [0.15, 0.2) is 0 Å². The number of aliphatic hydroxyl groups is 1. The summed E-state index contributed by atoms with van der Waals surface area (Å²) < 4.78 is 0. The van der Waals surface area contributed by atoms with Crippen LogP contribution in [0.5, 0.6) is 0 Å². The van der Waals surface area contributed by atoms with E-state index in [1.54, 1.807) is 0 Å². The van der Waals surface area contributed by atoms with Crippen molar-refractivity contribution in [1.82, 2.24) is 4.90 Å². The first kappa shape index (κ1) is 12.2. The molecule has 1 aromatic rings. The number of hydrogen-bond donors (Lipinski definition) is 1. The zero-order chi connectivity index (χ0) is 11.4. The summed E-state index contributed by atoms with van der Waals surface area (Å²) in [5.74, 6) is 0. The molecule has 0 aliphatic heterocycles. The summed E-state index contributed by atoms with van der Waals surface area (Å²) in [7, 11) is 3.95. The van der Waals surface area contributed by atoms with Gasteiger partial charge in [0, 0.05) is 6.54 Å². The lowest BCUT2D eigenvalue weighted by Crippen LogP contribution is -2.27. The van der Waals surface area contributed by atoms with Gasteiger partial charge in [-0.2, -0.15) is 0 Å². The number of nitrogens with zero attached hydrogens (tertiary/aromatic N) is 1. The second kappa shape index (κ2) is 5.29. The van der Waals surface area contributed by atoms with Crippen LogP contribution in [-0.2, 0) is 6.42 Å². The maximum Gasteiger partial charge on any atom is 0.0707 e. The second-order valence-corrected chi connectivity index (χ2v) is 4.54. The maximum absolute atomic E-state index is 9.79. The Hall–Kier alpha value is -0.860. The molecule has 0 saturated heterocycles. The lowest BCUT2D eigenvalue weighted by atomic mass is 10.0. The number of benzene rings is 1. The molecule has 0 bridgehead atoms. The van der Waals surface area contributed by atoms with E-state index >= 15 is 0 Å². The average Bonchev–Trinajstić information content (AvgIpc) is 2.10. The van der Waals surface area contributed by atoms with Crippen molar-refractivity contribution in [2.45, 2.75) is 26.4 Å². The van der Waals surface area contributed by atoms with E-state index < -0.39 is 0 Å². The van der Waals surface area contributed by atoms with Gasteiger partial charge in [0.25, 0.3) is 0 Å². The molecule has 1 atom stereocenters. The van der Waals surface area contributed by atoms with Crippen LogP contribution in [0.1, 0.15) is 16.7 Å². The monoisotopic (exact) mass is 207 g/mol. The number of aliphatic hydroxyl groups excluding tert-OH is 1. The summed E-state index contributed by atoms with van der Waals surface area (Å²) in [4.78, 5) is 2.01. The highest BCUT2D eigenvalue weighted by atomic mass is 16.3. The van der Waals surface area contributed by atoms with Crippen LogP contribution in [0.25, 0.3) is 0 Å². The first-order chi connectivity index (χ1) is 6.99. The van der Waals surface area contributed by atoms with Crippen LogP contribution < -0.4 is 0 Å². The van der Waals surface area contributed by atoms with Crippen molar-refractivity contribution < 1.29 is 5.11 Å². The molecule has 84 valence electrons. The van der Waals surface area contributed by atoms with E-state index in [-0.39, 0.29) is 6.10 Å². The van der Waals surface area contributed by atoms with Gasteiger partial charge in [-0.25, -0.2) is 0 Å². The molecule has 0 heterocycles. The summed E-state index contributed by atoms with van der Waals surface area (Å²) in [6.07, 6.45) is 0.460. The third-order valence-electron chi connectivity index (χ3n) is 2.62. The molecule has 0 spiro atoms. The van der Waals surface area contributed by atoms with Gasteiger partial charge in [0.2, 0.25) is 0 Å². The van der Waals surface area contributed by atoms with Crippen molar-refractivity contribution in [2.75, 3.05) is 20.6 Å². The molecule has 0 saturated carbocycles. The predicted molar refractivity (Wildman–Crippen MR) is 64.2 cm³/mol. The van der Waals surface area contributed by atoms with E-state index in [0.29, 0.717) is 6.54 Å². The minimum Gasteiger partial charge on any atom is -0.391 e. The highest BCUT2D eigenvalue weighted by Gasteiger charge is 2.07. The highest BCUT2D eigenvalue weighted by molar-refractivity contribution is 5.30. The fraction of sp³-hybridized carbons (Fsp3) is 0.538. The van der Waals surface area contributed by atoms with E-state index in [4.69, 9.17) is 0 Å². The van der Waals surface area contributed by atoms with Crippen molar-refractivity contribution in [2.24, 2.45) is 0 Å². The number of aryl methyl sites for hydroxylation is 2. The second-order valence-electron chi connectivity index (χ2n) is 4.54. The number of likely N-dealkylation sites (N-methyl/N-ethyl adjacent to an activating group) is 1. The first-order valence-corrected chi connectivity index (χ1v) is 5.38. The van der Waals surface area contributed by atoms with E-state index in [1.165, 1.54) is 16.7 Å². The predicted octanol–water partition coefficient (Wildman–Crippen LogP) is 1.77. The van der Waals surface area contributed by atoms with Crippen LogP contribution in [0.3, 0.4) is 0 Å². The summed E-state index contributed by atoms with van der Waals surface area (Å²) >= 11 is 0. The first-order valence-electron chi connectivity index (χ1n) is 5.38. The van der Waals surface area contributed by atoms with Crippen LogP contribution in [0.2, 0.25) is 0 Å². The third kappa shape index (κ3) is 4.02. The van der Waals surface area contributed by atoms with Crippen molar-refractivity contribution in [3.05, 3.63) is 34.9 Å². The highest BCUT2D eigenvalue weighted by Crippen LogP contribution is 2.11. The van der Waals surface area contributed by atoms with E-state index in [1.807, 2.05) is 19.0 Å². The summed E-state index contributed by atoms with van der Waals surface area (Å²) in [6.45, 7) is 4.93. The molecule has 0 fully saturated rings. The smallest absolute Gasteiger partial charge is 0.0707 e. The number of rotatable bonds is 4. The molecule has 1 aromatic carbocycles. The lowest BCUT2D eigenvalue weighted by Gasteiger charge is -2.16. The van der Waals surface area contributed by atoms with Crippen molar-refractivity contribution >= 4 is 0 Å². The Morgan fingerprint density at radius 3 is 2.40 bits per heavy atom. The van der Waals surface area contributed by atoms with E-state index in [2.05, 4.69) is 32.0 Å². The minimum absolute atomic E-state index is 0.276. The fourth-order valence-corrected chi connectivity index (χ4v) is 1.69. The zero-order valence-corrected chi connectivity index (χ0v) is 10.1. The molecule has 15 heavy (non-hydrogen) atoms. The van der Waals surface area contributed by atoms with Crippen LogP contribution in [0.15, 0.2) is 18.2 Å². The van der Waals surface area contributed by atoms with E-state index in [0.717, 1.165) is 6.42 Å². The average molecular weight is 207 g/mol. The normalized spacial score (nSPS) is 13.2. The van der Waals surface area contributed by atoms with Gasteiger partial charge in [-0.15, -0.1) is 0 Å². The fourth-order valence-electron chi connectivity index (χ4n) is 1.69. The standard InChI is InChI=1S/C13H21NO/c1-10-5-6-12(7-11(10)2)8-13(15)9-14(3)4/h5-7,13,15H,8-9H2,1-4H3. The van der Waals surface area contributed by atoms with Gasteiger partial charge in [-0.1, -0.05) is 18.2 Å². The molecule has 0 radical (unpaired) electrons. The topological polar surface area (TPSA) is 23.5 Å². The van der Waals surface area contributed by atoms with Crippen LogP contribution >= 0.6 is 0 Å². The Morgan fingerprint density at radius 1 is 1.20 bits per heavy atom. The Balaban J connectivity index is 2.60. The molecule has 1 N–H and O–H groups in total. The minimum atomic E-state index is -0.276. The molecular weight excluding hydrogens is 186 g/mol. The van der Waals surface area contributed by atoms with Crippen molar-refractivity contribution in [3.63, 3.8) is 0 Å². The lowest BCUT2D eigenvalue weighted by molar-refractivity contribution is 0.137. The molecule has 0 aliphatic carbocycles. The van der Waals surface area contributed by atoms with Gasteiger partial charge in [0.1, 0.15) is 0 Å². The Bertz CT molecular complexity index is 320. The molecule has 0 aliphatic rings. The molecule has 0 amide bonds. The van der Waals surface area contributed by atoms with Gasteiger partial charge in [0.05, 0.1) is 6.10 Å². The molecule has 2 nitrogen and oxygen atoms in total. The van der Waals surface area contributed by atoms with Crippen LogP contribution in [0, 0.1) is 13.8 Å². The Morgan fingerprint density at radius 2 is 1.87 bits per heavy atom. The quantitative estimate of drug-likeness (QED) is 0.813. The number of hydrogen-bond acceptors (Lipinski definition) is 2. The molecule has 0 aromatic heterocycles. The Labute approximate surface area is 92.5 Å². The Kier molecular flexibility index (Phi) is 4.30. The van der Waals surface area contributed by atoms with E-state index in [9.17, 15) is 5.11 Å². The van der Waals surface area contributed by atoms with Crippen molar-refractivity contribution in [1.29, 1.82) is 0 Å². The van der Waals surface area contributed by atoms with Gasteiger partial charge < -0.3 is 10.0 Å². The largest absolute Gasteiger partial charge is 0.391 e. The van der Waals surface area contributed by atoms with Gasteiger partial charge >= 0.3 is 0 Å². The van der Waals surface area contributed by atoms with Gasteiger partial charge in [-0.05, 0) is 51.1 Å². The summed E-state index contributed by atoms with van der Waals surface area (Å²) in [6, 6.07) is 6.38. The van der Waals surface area contributed by atoms with Crippen molar-refractivity contribution in [3.8, 4) is 0 Å². The summed E-state index contributed by atoms with van der Waals surface area (Å²) in [5.41, 5.74) is 3.82. The van der Waals surface area contributed by atoms with Gasteiger partial charge in [-0.3, -0.25) is 0 Å². The van der Waals surface area contributed by atoms with Crippen LogP contribution in [0.4, 0.5) is 0 Å². The maximum atomic E-state index is 9.79. The molecule has 2 heteroatoms. The molecular formula is C13H21NO. The summed E-state index contributed by atoms with van der Waals surface area (Å²) in [5, 5.41) is 9.79. The van der Waals surface area contributed by atoms with Crippen LogP contribution in [-0.4, -0.2) is 36.8 Å². The zero-order valence-electron chi connectivity index (χ0n) is 10.1. The molecule has 1 unspecified atom stereocenters. The third-order valence-corrected chi connectivity index (χ3v) is 2.62. The SMILES string of the molecule is Cc1ccc(CC(O)CN(C)C)cc1C.